The van der Waals surface area contributed by atoms with E-state index in [9.17, 15) is 0 Å². The van der Waals surface area contributed by atoms with Crippen LogP contribution in [0.25, 0.3) is 0 Å². The van der Waals surface area contributed by atoms with E-state index in [1.807, 2.05) is 23.9 Å². The Kier molecular flexibility index (Phi) is 4.84. The predicted octanol–water partition coefficient (Wildman–Crippen LogP) is 1.72. The fourth-order valence-corrected chi connectivity index (χ4v) is 2.95. The van der Waals surface area contributed by atoms with Crippen LogP contribution < -0.4 is 5.32 Å². The lowest BCUT2D eigenvalue weighted by Crippen LogP contribution is -2.39. The van der Waals surface area contributed by atoms with Gasteiger partial charge < -0.3 is 14.6 Å². The van der Waals surface area contributed by atoms with Gasteiger partial charge in [0.1, 0.15) is 0 Å². The Bertz CT molecular complexity index is 562. The number of ether oxygens (including phenoxy) is 1. The second-order valence-corrected chi connectivity index (χ2v) is 5.90. The predicted molar refractivity (Wildman–Crippen MR) is 80.1 cm³/mol. The molecule has 3 heterocycles. The molecular formula is C15H23N5O2. The second kappa shape index (κ2) is 7.02. The molecule has 0 saturated carbocycles. The van der Waals surface area contributed by atoms with Crippen LogP contribution in [0.4, 0.5) is 0 Å². The fourth-order valence-electron chi connectivity index (χ4n) is 2.95. The Hall–Kier alpha value is -1.73. The molecule has 1 aliphatic rings. The van der Waals surface area contributed by atoms with Crippen molar-refractivity contribution in [3.05, 3.63) is 30.2 Å². The summed E-state index contributed by atoms with van der Waals surface area (Å²) in [6.45, 7) is 6.39. The molecule has 7 heteroatoms. The highest BCUT2D eigenvalue weighted by Gasteiger charge is 2.30. The van der Waals surface area contributed by atoms with E-state index in [0.29, 0.717) is 17.6 Å². The van der Waals surface area contributed by atoms with Crippen LogP contribution in [0.5, 0.6) is 0 Å². The zero-order chi connectivity index (χ0) is 15.4. The van der Waals surface area contributed by atoms with Crippen LogP contribution in [0.2, 0.25) is 0 Å². The second-order valence-electron chi connectivity index (χ2n) is 5.90. The molecule has 22 heavy (non-hydrogen) atoms. The van der Waals surface area contributed by atoms with Crippen molar-refractivity contribution in [2.24, 2.45) is 5.92 Å². The average Bonchev–Trinajstić information content (AvgIpc) is 3.17. The molecular weight excluding hydrogens is 282 g/mol. The van der Waals surface area contributed by atoms with Gasteiger partial charge in [-0.2, -0.15) is 10.1 Å². The molecule has 120 valence electrons. The summed E-state index contributed by atoms with van der Waals surface area (Å²) in [6.07, 6.45) is 5.78. The van der Waals surface area contributed by atoms with Gasteiger partial charge in [0.05, 0.1) is 12.6 Å². The normalized spacial score (nSPS) is 19.2. The average molecular weight is 305 g/mol. The first-order valence-electron chi connectivity index (χ1n) is 7.84. The minimum Gasteiger partial charge on any atom is -0.381 e. The van der Waals surface area contributed by atoms with Crippen molar-refractivity contribution in [2.75, 3.05) is 13.2 Å². The SMILES string of the molecule is Cc1noc([C@H](N[C@H](C)Cn2cccn2)C2CCOCC2)n1. The van der Waals surface area contributed by atoms with Gasteiger partial charge in [-0.1, -0.05) is 5.16 Å². The Morgan fingerprint density at radius 2 is 2.23 bits per heavy atom. The molecule has 2 aromatic heterocycles. The molecule has 3 rings (SSSR count). The van der Waals surface area contributed by atoms with E-state index >= 15 is 0 Å². The van der Waals surface area contributed by atoms with E-state index in [0.717, 1.165) is 32.6 Å². The molecule has 2 atom stereocenters. The zero-order valence-electron chi connectivity index (χ0n) is 13.1. The van der Waals surface area contributed by atoms with Crippen molar-refractivity contribution < 1.29 is 9.26 Å². The maximum absolute atomic E-state index is 5.47. The molecule has 1 saturated heterocycles. The maximum atomic E-state index is 5.47. The lowest BCUT2D eigenvalue weighted by atomic mass is 9.91. The molecule has 2 aromatic rings. The fraction of sp³-hybridized carbons (Fsp3) is 0.667. The van der Waals surface area contributed by atoms with Crippen LogP contribution in [-0.2, 0) is 11.3 Å². The summed E-state index contributed by atoms with van der Waals surface area (Å²) < 4.78 is 12.8. The van der Waals surface area contributed by atoms with E-state index in [1.165, 1.54) is 0 Å². The third kappa shape index (κ3) is 3.72. The maximum Gasteiger partial charge on any atom is 0.244 e. The number of nitrogens with zero attached hydrogens (tertiary/aromatic N) is 4. The highest BCUT2D eigenvalue weighted by Crippen LogP contribution is 2.29. The van der Waals surface area contributed by atoms with Gasteiger partial charge in [0.15, 0.2) is 5.82 Å². The van der Waals surface area contributed by atoms with Gasteiger partial charge in [-0.05, 0) is 38.7 Å². The summed E-state index contributed by atoms with van der Waals surface area (Å²) in [6, 6.07) is 2.25. The summed E-state index contributed by atoms with van der Waals surface area (Å²) in [7, 11) is 0. The van der Waals surface area contributed by atoms with Crippen LogP contribution in [0.15, 0.2) is 23.0 Å². The third-order valence-electron chi connectivity index (χ3n) is 4.03. The monoisotopic (exact) mass is 305 g/mol. The number of nitrogens with one attached hydrogen (secondary N) is 1. The van der Waals surface area contributed by atoms with Gasteiger partial charge in [-0.15, -0.1) is 0 Å². The van der Waals surface area contributed by atoms with Gasteiger partial charge in [-0.25, -0.2) is 0 Å². The van der Waals surface area contributed by atoms with E-state index in [-0.39, 0.29) is 12.1 Å². The van der Waals surface area contributed by atoms with Crippen molar-refractivity contribution in [3.63, 3.8) is 0 Å². The molecule has 0 aliphatic carbocycles. The van der Waals surface area contributed by atoms with Crippen LogP contribution >= 0.6 is 0 Å². The lowest BCUT2D eigenvalue weighted by molar-refractivity contribution is 0.0466. The van der Waals surface area contributed by atoms with E-state index in [4.69, 9.17) is 9.26 Å². The van der Waals surface area contributed by atoms with E-state index < -0.39 is 0 Å². The molecule has 1 fully saturated rings. The summed E-state index contributed by atoms with van der Waals surface area (Å²) in [5.41, 5.74) is 0. The molecule has 1 N–H and O–H groups in total. The van der Waals surface area contributed by atoms with Crippen molar-refractivity contribution >= 4 is 0 Å². The van der Waals surface area contributed by atoms with Crippen LogP contribution in [0.1, 0.15) is 37.5 Å². The Morgan fingerprint density at radius 3 is 2.86 bits per heavy atom. The smallest absolute Gasteiger partial charge is 0.244 e. The van der Waals surface area contributed by atoms with Crippen molar-refractivity contribution in [3.8, 4) is 0 Å². The van der Waals surface area contributed by atoms with Crippen LogP contribution in [0.3, 0.4) is 0 Å². The Labute approximate surface area is 130 Å². The van der Waals surface area contributed by atoms with Gasteiger partial charge in [0.2, 0.25) is 5.89 Å². The summed E-state index contributed by atoms with van der Waals surface area (Å²) >= 11 is 0. The van der Waals surface area contributed by atoms with E-state index in [1.54, 1.807) is 6.20 Å². The number of aryl methyl sites for hydroxylation is 1. The zero-order valence-corrected chi connectivity index (χ0v) is 13.1. The van der Waals surface area contributed by atoms with Crippen molar-refractivity contribution in [1.82, 2.24) is 25.2 Å². The minimum atomic E-state index is 0.0654. The Morgan fingerprint density at radius 1 is 1.41 bits per heavy atom. The third-order valence-corrected chi connectivity index (χ3v) is 4.03. The van der Waals surface area contributed by atoms with Gasteiger partial charge in [0.25, 0.3) is 0 Å². The lowest BCUT2D eigenvalue weighted by Gasteiger charge is -2.30. The van der Waals surface area contributed by atoms with Gasteiger partial charge in [-0.3, -0.25) is 4.68 Å². The Balaban J connectivity index is 1.70. The topological polar surface area (TPSA) is 78.0 Å². The summed E-state index contributed by atoms with van der Waals surface area (Å²) in [5, 5.41) is 11.8. The molecule has 0 unspecified atom stereocenters. The first-order valence-corrected chi connectivity index (χ1v) is 7.84. The molecule has 0 amide bonds. The number of aromatic nitrogens is 4. The van der Waals surface area contributed by atoms with Crippen LogP contribution in [0, 0.1) is 12.8 Å². The molecule has 0 bridgehead atoms. The van der Waals surface area contributed by atoms with E-state index in [2.05, 4.69) is 27.5 Å². The number of rotatable bonds is 6. The van der Waals surface area contributed by atoms with Gasteiger partial charge >= 0.3 is 0 Å². The first kappa shape index (κ1) is 15.2. The van der Waals surface area contributed by atoms with Crippen molar-refractivity contribution in [2.45, 2.75) is 45.3 Å². The molecule has 0 radical (unpaired) electrons. The standard InChI is InChI=1S/C15H23N5O2/c1-11(10-20-7-3-6-16-20)17-14(13-4-8-21-9-5-13)15-18-12(2)19-22-15/h3,6-7,11,13-14,17H,4-5,8-10H2,1-2H3/t11-,14-/m1/s1. The molecule has 1 aliphatic heterocycles. The van der Waals surface area contributed by atoms with Crippen LogP contribution in [-0.4, -0.2) is 39.2 Å². The highest BCUT2D eigenvalue weighted by atomic mass is 16.5. The molecule has 0 aromatic carbocycles. The summed E-state index contributed by atoms with van der Waals surface area (Å²) in [5.74, 6) is 1.80. The van der Waals surface area contributed by atoms with Crippen molar-refractivity contribution in [1.29, 1.82) is 0 Å². The minimum absolute atomic E-state index is 0.0654. The quantitative estimate of drug-likeness (QED) is 0.875. The first-order chi connectivity index (χ1) is 10.7. The number of hydrogen-bond acceptors (Lipinski definition) is 6. The largest absolute Gasteiger partial charge is 0.381 e. The van der Waals surface area contributed by atoms with Gasteiger partial charge in [0, 0.05) is 31.6 Å². The molecule has 0 spiro atoms. The highest BCUT2D eigenvalue weighted by molar-refractivity contribution is 4.96. The summed E-state index contributed by atoms with van der Waals surface area (Å²) in [4.78, 5) is 4.43. The number of hydrogen-bond donors (Lipinski definition) is 1. The molecule has 7 nitrogen and oxygen atoms in total.